The molecule has 19 heavy (non-hydrogen) atoms. The summed E-state index contributed by atoms with van der Waals surface area (Å²) in [6.45, 7) is 4.95. The molecule has 1 aliphatic heterocycles. The highest BCUT2D eigenvalue weighted by Gasteiger charge is 2.39. The van der Waals surface area contributed by atoms with Gasteiger partial charge in [-0.3, -0.25) is 0 Å². The highest BCUT2D eigenvalue weighted by atomic mass is 35.5. The van der Waals surface area contributed by atoms with E-state index in [1.54, 1.807) is 0 Å². The first-order valence-corrected chi connectivity index (χ1v) is 7.02. The van der Waals surface area contributed by atoms with Crippen molar-refractivity contribution < 1.29 is 9.84 Å². The van der Waals surface area contributed by atoms with Crippen molar-refractivity contribution in [1.29, 1.82) is 0 Å². The lowest BCUT2D eigenvalue weighted by molar-refractivity contribution is -0.0176. The van der Waals surface area contributed by atoms with Crippen LogP contribution in [-0.2, 0) is 11.2 Å². The molecule has 1 fully saturated rings. The van der Waals surface area contributed by atoms with Gasteiger partial charge in [-0.1, -0.05) is 24.9 Å². The second-order valence-corrected chi connectivity index (χ2v) is 5.32. The molecule has 2 rings (SSSR count). The van der Waals surface area contributed by atoms with Crippen LogP contribution in [0.15, 0.2) is 6.33 Å². The minimum atomic E-state index is -0.846. The molecule has 0 aliphatic carbocycles. The summed E-state index contributed by atoms with van der Waals surface area (Å²) in [5, 5.41) is 14.1. The van der Waals surface area contributed by atoms with Gasteiger partial charge in [0.05, 0.1) is 6.10 Å². The number of aliphatic hydroxyl groups is 1. The highest BCUT2D eigenvalue weighted by molar-refractivity contribution is 6.30. The highest BCUT2D eigenvalue weighted by Crippen LogP contribution is 2.27. The number of hydrogen-bond acceptors (Lipinski definition) is 5. The quantitative estimate of drug-likeness (QED) is 0.811. The monoisotopic (exact) mass is 285 g/mol. The lowest BCUT2D eigenvalue weighted by atomic mass is 9.96. The summed E-state index contributed by atoms with van der Waals surface area (Å²) < 4.78 is 5.41. The summed E-state index contributed by atoms with van der Waals surface area (Å²) in [6.07, 6.45) is 3.66. The van der Waals surface area contributed by atoms with Crippen LogP contribution < -0.4 is 5.32 Å². The molecule has 106 valence electrons. The van der Waals surface area contributed by atoms with Crippen molar-refractivity contribution in [3.63, 3.8) is 0 Å². The van der Waals surface area contributed by atoms with E-state index in [2.05, 4.69) is 22.2 Å². The summed E-state index contributed by atoms with van der Waals surface area (Å²) in [6, 6.07) is 0. The Morgan fingerprint density at radius 2 is 2.37 bits per heavy atom. The van der Waals surface area contributed by atoms with Gasteiger partial charge in [0.1, 0.15) is 22.9 Å². The van der Waals surface area contributed by atoms with Crippen molar-refractivity contribution in [2.75, 3.05) is 18.5 Å². The molecule has 1 aromatic heterocycles. The maximum Gasteiger partial charge on any atom is 0.137 e. The normalized spacial score (nSPS) is 26.6. The van der Waals surface area contributed by atoms with E-state index < -0.39 is 5.60 Å². The first-order valence-electron chi connectivity index (χ1n) is 6.64. The molecule has 0 spiro atoms. The predicted molar refractivity (Wildman–Crippen MR) is 74.5 cm³/mol. The zero-order chi connectivity index (χ0) is 13.9. The minimum Gasteiger partial charge on any atom is -0.385 e. The molecule has 2 unspecified atom stereocenters. The van der Waals surface area contributed by atoms with E-state index in [0.717, 1.165) is 18.4 Å². The third-order valence-corrected chi connectivity index (χ3v) is 3.94. The van der Waals surface area contributed by atoms with E-state index in [1.807, 2.05) is 6.92 Å². The average Bonchev–Trinajstić information content (AvgIpc) is 2.71. The topological polar surface area (TPSA) is 67.3 Å². The number of halogens is 1. The van der Waals surface area contributed by atoms with Crippen LogP contribution in [0.2, 0.25) is 5.15 Å². The summed E-state index contributed by atoms with van der Waals surface area (Å²) in [5.41, 5.74) is 0.0582. The van der Waals surface area contributed by atoms with Crippen LogP contribution in [0.1, 0.15) is 32.3 Å². The number of rotatable bonds is 5. The second-order valence-electron chi connectivity index (χ2n) is 4.96. The van der Waals surface area contributed by atoms with Crippen LogP contribution in [0.4, 0.5) is 5.82 Å². The zero-order valence-corrected chi connectivity index (χ0v) is 12.1. The maximum absolute atomic E-state index is 10.4. The molecule has 0 radical (unpaired) electrons. The molecule has 5 nitrogen and oxygen atoms in total. The van der Waals surface area contributed by atoms with E-state index in [-0.39, 0.29) is 6.10 Å². The zero-order valence-electron chi connectivity index (χ0n) is 11.3. The smallest absolute Gasteiger partial charge is 0.137 e. The Labute approximate surface area is 118 Å². The Morgan fingerprint density at radius 3 is 3.00 bits per heavy atom. The summed E-state index contributed by atoms with van der Waals surface area (Å²) in [7, 11) is 0. The third-order valence-electron chi connectivity index (χ3n) is 3.61. The third kappa shape index (κ3) is 3.16. The Balaban J connectivity index is 2.09. The van der Waals surface area contributed by atoms with Crippen LogP contribution in [0.3, 0.4) is 0 Å². The van der Waals surface area contributed by atoms with Gasteiger partial charge >= 0.3 is 0 Å². The first kappa shape index (κ1) is 14.5. The summed E-state index contributed by atoms with van der Waals surface area (Å²) in [4.78, 5) is 8.21. The van der Waals surface area contributed by atoms with E-state index >= 15 is 0 Å². The van der Waals surface area contributed by atoms with Gasteiger partial charge in [0, 0.05) is 25.1 Å². The molecule has 2 heterocycles. The molecule has 2 N–H and O–H groups in total. The van der Waals surface area contributed by atoms with Crippen LogP contribution in [0.25, 0.3) is 0 Å². The Bertz CT molecular complexity index is 444. The predicted octanol–water partition coefficient (Wildman–Crippen LogP) is 2.03. The number of anilines is 1. The number of nitrogens with one attached hydrogen (secondary N) is 1. The van der Waals surface area contributed by atoms with Gasteiger partial charge in [-0.25, -0.2) is 9.97 Å². The molecule has 2 atom stereocenters. The molecule has 0 saturated carbocycles. The first-order chi connectivity index (χ1) is 9.07. The van der Waals surface area contributed by atoms with E-state index in [0.29, 0.717) is 30.5 Å². The number of aromatic nitrogens is 2. The Morgan fingerprint density at radius 1 is 1.58 bits per heavy atom. The van der Waals surface area contributed by atoms with Gasteiger partial charge in [-0.15, -0.1) is 0 Å². The van der Waals surface area contributed by atoms with Crippen molar-refractivity contribution in [1.82, 2.24) is 9.97 Å². The number of nitrogens with zero attached hydrogens (tertiary/aromatic N) is 2. The number of hydrogen-bond donors (Lipinski definition) is 2. The minimum absolute atomic E-state index is 0.174. The number of ether oxygens (including phenoxy) is 1. The van der Waals surface area contributed by atoms with Crippen molar-refractivity contribution in [3.05, 3.63) is 17.0 Å². The van der Waals surface area contributed by atoms with E-state index in [9.17, 15) is 5.11 Å². The molecule has 1 aromatic rings. The lowest BCUT2D eigenvalue weighted by Crippen LogP contribution is -2.43. The van der Waals surface area contributed by atoms with Gasteiger partial charge in [0.2, 0.25) is 0 Å². The van der Waals surface area contributed by atoms with Gasteiger partial charge in [0.25, 0.3) is 0 Å². The van der Waals surface area contributed by atoms with Gasteiger partial charge in [-0.2, -0.15) is 0 Å². The van der Waals surface area contributed by atoms with Crippen LogP contribution in [0, 0.1) is 0 Å². The SMILES string of the molecule is CCCc1c(Cl)ncnc1NCC1(O)CCOC1C. The lowest BCUT2D eigenvalue weighted by Gasteiger charge is -2.26. The standard InChI is InChI=1S/C13H20ClN3O2/c1-3-4-10-11(14)16-8-17-12(10)15-7-13(18)5-6-19-9(13)2/h8-9,18H,3-7H2,1-2H3,(H,15,16,17). The molecule has 0 bridgehead atoms. The van der Waals surface area contributed by atoms with Crippen molar-refractivity contribution in [2.24, 2.45) is 0 Å². The van der Waals surface area contributed by atoms with Crippen molar-refractivity contribution in [3.8, 4) is 0 Å². The van der Waals surface area contributed by atoms with Crippen LogP contribution in [0.5, 0.6) is 0 Å². The van der Waals surface area contributed by atoms with Crippen LogP contribution in [-0.4, -0.2) is 39.9 Å². The Hall–Kier alpha value is -0.910. The molecule has 1 aliphatic rings. The molecular formula is C13H20ClN3O2. The van der Waals surface area contributed by atoms with Gasteiger partial charge < -0.3 is 15.2 Å². The summed E-state index contributed by atoms with van der Waals surface area (Å²) >= 11 is 6.09. The average molecular weight is 286 g/mol. The Kier molecular flexibility index (Phi) is 4.60. The second kappa shape index (κ2) is 6.03. The molecule has 1 saturated heterocycles. The molecule has 6 heteroatoms. The van der Waals surface area contributed by atoms with Gasteiger partial charge in [-0.05, 0) is 13.3 Å². The fourth-order valence-corrected chi connectivity index (χ4v) is 2.48. The molecule has 0 aromatic carbocycles. The maximum atomic E-state index is 10.4. The summed E-state index contributed by atoms with van der Waals surface area (Å²) in [5.74, 6) is 0.703. The van der Waals surface area contributed by atoms with Crippen molar-refractivity contribution in [2.45, 2.75) is 44.8 Å². The fraction of sp³-hybridized carbons (Fsp3) is 0.692. The molecule has 0 amide bonds. The van der Waals surface area contributed by atoms with Crippen LogP contribution >= 0.6 is 11.6 Å². The fourth-order valence-electron chi connectivity index (χ4n) is 2.25. The largest absolute Gasteiger partial charge is 0.385 e. The van der Waals surface area contributed by atoms with E-state index in [4.69, 9.17) is 16.3 Å². The van der Waals surface area contributed by atoms with Crippen molar-refractivity contribution >= 4 is 17.4 Å². The van der Waals surface area contributed by atoms with E-state index in [1.165, 1.54) is 6.33 Å². The van der Waals surface area contributed by atoms with Gasteiger partial charge in [0.15, 0.2) is 0 Å². The molecular weight excluding hydrogens is 266 g/mol.